The van der Waals surface area contributed by atoms with Gasteiger partial charge in [0.1, 0.15) is 6.10 Å². The fourth-order valence-electron chi connectivity index (χ4n) is 2.82. The predicted molar refractivity (Wildman–Crippen MR) is 72.7 cm³/mol. The topological polar surface area (TPSA) is 88.7 Å². The summed E-state index contributed by atoms with van der Waals surface area (Å²) in [7, 11) is 2.02. The van der Waals surface area contributed by atoms with Crippen molar-refractivity contribution in [3.8, 4) is 0 Å². The number of ether oxygens (including phenoxy) is 1. The molecule has 0 spiro atoms. The molecule has 0 saturated carbocycles. The molecule has 0 aromatic carbocycles. The van der Waals surface area contributed by atoms with E-state index in [0.29, 0.717) is 37.7 Å². The highest BCUT2D eigenvalue weighted by Gasteiger charge is 2.35. The van der Waals surface area contributed by atoms with Crippen LogP contribution in [0.25, 0.3) is 0 Å². The number of nitrogens with zero attached hydrogens (tertiary/aromatic N) is 3. The van der Waals surface area contributed by atoms with Crippen molar-refractivity contribution in [1.29, 1.82) is 0 Å². The second kappa shape index (κ2) is 5.95. The van der Waals surface area contributed by atoms with Gasteiger partial charge in [0.25, 0.3) is 0 Å². The lowest BCUT2D eigenvalue weighted by Gasteiger charge is -2.27. The monoisotopic (exact) mass is 293 g/mol. The van der Waals surface area contributed by atoms with Gasteiger partial charge in [-0.05, 0) is 19.9 Å². The van der Waals surface area contributed by atoms with E-state index < -0.39 is 11.9 Å². The van der Waals surface area contributed by atoms with Crippen LogP contribution in [0.15, 0.2) is 16.7 Å². The number of carboxylic acid groups (broad SMARTS) is 1. The van der Waals surface area contributed by atoms with Crippen molar-refractivity contribution in [3.63, 3.8) is 0 Å². The highest BCUT2D eigenvalue weighted by molar-refractivity contribution is 5.71. The Bertz CT molecular complexity index is 542. The van der Waals surface area contributed by atoms with E-state index in [4.69, 9.17) is 9.26 Å². The first kappa shape index (κ1) is 14.2. The molecule has 0 bridgehead atoms. The number of hydrogen-bond donors (Lipinski definition) is 1. The number of hydrogen-bond acceptors (Lipinski definition) is 6. The molecular weight excluding hydrogens is 274 g/mol. The van der Waals surface area contributed by atoms with Gasteiger partial charge in [0, 0.05) is 13.1 Å². The molecule has 3 atom stereocenters. The van der Waals surface area contributed by atoms with Crippen LogP contribution in [0.3, 0.4) is 0 Å². The maximum absolute atomic E-state index is 11.3. The third kappa shape index (κ3) is 2.98. The van der Waals surface area contributed by atoms with E-state index in [0.717, 1.165) is 6.54 Å². The summed E-state index contributed by atoms with van der Waals surface area (Å²) in [5, 5.41) is 13.3. The lowest BCUT2D eigenvalue weighted by Crippen LogP contribution is -2.35. The summed E-state index contributed by atoms with van der Waals surface area (Å²) >= 11 is 0. The number of morpholine rings is 1. The van der Waals surface area contributed by atoms with Gasteiger partial charge >= 0.3 is 5.97 Å². The minimum atomic E-state index is -0.822. The zero-order valence-electron chi connectivity index (χ0n) is 11.9. The molecule has 2 heterocycles. The Hall–Kier alpha value is -1.73. The quantitative estimate of drug-likeness (QED) is 0.838. The number of aliphatic carboxylic acids is 1. The average molecular weight is 293 g/mol. The first-order valence-corrected chi connectivity index (χ1v) is 7.16. The minimum absolute atomic E-state index is 0.205. The van der Waals surface area contributed by atoms with Crippen LogP contribution in [0.5, 0.6) is 0 Å². The van der Waals surface area contributed by atoms with Crippen molar-refractivity contribution in [2.45, 2.75) is 24.9 Å². The largest absolute Gasteiger partial charge is 0.481 e. The van der Waals surface area contributed by atoms with E-state index in [9.17, 15) is 9.90 Å². The second-order valence-electron chi connectivity index (χ2n) is 5.61. The molecule has 1 N–H and O–H groups in total. The first-order chi connectivity index (χ1) is 10.1. The molecule has 1 aromatic rings. The summed E-state index contributed by atoms with van der Waals surface area (Å²) in [6, 6.07) is 0. The van der Waals surface area contributed by atoms with Crippen LogP contribution in [0.4, 0.5) is 0 Å². The third-order valence-electron chi connectivity index (χ3n) is 4.08. The molecule has 1 fully saturated rings. The number of carboxylic acids is 1. The van der Waals surface area contributed by atoms with Crippen molar-refractivity contribution in [2.24, 2.45) is 5.92 Å². The van der Waals surface area contributed by atoms with E-state index in [-0.39, 0.29) is 12.0 Å². The number of allylic oxidation sites excluding steroid dienone is 2. The summed E-state index contributed by atoms with van der Waals surface area (Å²) in [4.78, 5) is 17.9. The zero-order valence-corrected chi connectivity index (χ0v) is 11.9. The molecular formula is C14H19N3O4. The van der Waals surface area contributed by atoms with Crippen LogP contribution in [0, 0.1) is 5.92 Å². The van der Waals surface area contributed by atoms with Crippen LogP contribution < -0.4 is 0 Å². The van der Waals surface area contributed by atoms with Gasteiger partial charge in [-0.15, -0.1) is 0 Å². The molecule has 7 heteroatoms. The number of likely N-dealkylation sites (N-methyl/N-ethyl adjacent to an activating group) is 1. The number of carbonyl (C=O) groups is 1. The lowest BCUT2D eigenvalue weighted by molar-refractivity contribution is -0.142. The lowest BCUT2D eigenvalue weighted by atomic mass is 9.83. The smallest absolute Gasteiger partial charge is 0.307 e. The molecule has 1 aromatic heterocycles. The standard InChI is InChI=1S/C14H19N3O4/c1-17-6-7-20-11(8-17)12-15-13(21-16-12)9-4-2-3-5-10(9)14(18)19/h2-3,9-11H,4-8H2,1H3,(H,18,19)/t9-,10+,11?/m1/s1. The molecule has 1 saturated heterocycles. The fourth-order valence-corrected chi connectivity index (χ4v) is 2.82. The van der Waals surface area contributed by atoms with Crippen molar-refractivity contribution in [1.82, 2.24) is 15.0 Å². The van der Waals surface area contributed by atoms with E-state index >= 15 is 0 Å². The highest BCUT2D eigenvalue weighted by Crippen LogP contribution is 2.34. The molecule has 2 aliphatic rings. The SMILES string of the molecule is CN1CCOC(c2noc([C@@H]3CC=CC[C@@H]3C(=O)O)n2)C1. The van der Waals surface area contributed by atoms with Crippen LogP contribution in [0.1, 0.15) is 36.6 Å². The summed E-state index contributed by atoms with van der Waals surface area (Å²) < 4.78 is 11.0. The van der Waals surface area contributed by atoms with Crippen molar-refractivity contribution in [3.05, 3.63) is 23.9 Å². The van der Waals surface area contributed by atoms with Crippen LogP contribution >= 0.6 is 0 Å². The molecule has 3 rings (SSSR count). The molecule has 21 heavy (non-hydrogen) atoms. The highest BCUT2D eigenvalue weighted by atomic mass is 16.5. The van der Waals surface area contributed by atoms with Crippen molar-refractivity contribution >= 4 is 5.97 Å². The molecule has 0 radical (unpaired) electrons. The summed E-state index contributed by atoms with van der Waals surface area (Å²) in [5.41, 5.74) is 0. The van der Waals surface area contributed by atoms with E-state index in [1.807, 2.05) is 19.2 Å². The molecule has 0 amide bonds. The van der Waals surface area contributed by atoms with Gasteiger partial charge in [-0.3, -0.25) is 4.79 Å². The molecule has 1 aliphatic heterocycles. The van der Waals surface area contributed by atoms with Gasteiger partial charge in [0.05, 0.1) is 18.4 Å². The molecule has 1 aliphatic carbocycles. The Morgan fingerprint density at radius 1 is 1.43 bits per heavy atom. The third-order valence-corrected chi connectivity index (χ3v) is 4.08. The number of rotatable bonds is 3. The average Bonchev–Trinajstić information content (AvgIpc) is 2.97. The maximum atomic E-state index is 11.3. The van der Waals surface area contributed by atoms with E-state index in [1.54, 1.807) is 0 Å². The molecule has 1 unspecified atom stereocenters. The van der Waals surface area contributed by atoms with E-state index in [2.05, 4.69) is 15.0 Å². The Morgan fingerprint density at radius 2 is 2.24 bits per heavy atom. The zero-order chi connectivity index (χ0) is 14.8. The molecule has 7 nitrogen and oxygen atoms in total. The van der Waals surface area contributed by atoms with Gasteiger partial charge in [-0.1, -0.05) is 17.3 Å². The van der Waals surface area contributed by atoms with E-state index in [1.165, 1.54) is 0 Å². The fraction of sp³-hybridized carbons (Fsp3) is 0.643. The second-order valence-corrected chi connectivity index (χ2v) is 5.61. The van der Waals surface area contributed by atoms with Crippen LogP contribution in [0.2, 0.25) is 0 Å². The van der Waals surface area contributed by atoms with Gasteiger partial charge in [-0.2, -0.15) is 4.98 Å². The van der Waals surface area contributed by atoms with Crippen molar-refractivity contribution in [2.75, 3.05) is 26.7 Å². The normalized spacial score (nSPS) is 30.4. The Balaban J connectivity index is 1.77. The number of aromatic nitrogens is 2. The van der Waals surface area contributed by atoms with Gasteiger partial charge in [-0.25, -0.2) is 0 Å². The Labute approximate surface area is 122 Å². The van der Waals surface area contributed by atoms with Gasteiger partial charge in [0.15, 0.2) is 0 Å². The maximum Gasteiger partial charge on any atom is 0.307 e. The Kier molecular flexibility index (Phi) is 4.03. The van der Waals surface area contributed by atoms with Gasteiger partial charge in [0.2, 0.25) is 11.7 Å². The summed E-state index contributed by atoms with van der Waals surface area (Å²) in [6.45, 7) is 2.23. The summed E-state index contributed by atoms with van der Waals surface area (Å²) in [5.74, 6) is -0.667. The van der Waals surface area contributed by atoms with Gasteiger partial charge < -0.3 is 19.3 Å². The van der Waals surface area contributed by atoms with Crippen molar-refractivity contribution < 1.29 is 19.2 Å². The van der Waals surface area contributed by atoms with Crippen LogP contribution in [-0.4, -0.2) is 52.9 Å². The first-order valence-electron chi connectivity index (χ1n) is 7.16. The predicted octanol–water partition coefficient (Wildman–Crippen LogP) is 1.21. The summed E-state index contributed by atoms with van der Waals surface area (Å²) in [6.07, 6.45) is 4.78. The minimum Gasteiger partial charge on any atom is -0.481 e. The molecule has 114 valence electrons. The van der Waals surface area contributed by atoms with Crippen LogP contribution in [-0.2, 0) is 9.53 Å². The Morgan fingerprint density at radius 3 is 3.00 bits per heavy atom.